The summed E-state index contributed by atoms with van der Waals surface area (Å²) in [6.45, 7) is 1.57. The van der Waals surface area contributed by atoms with Crippen LogP contribution in [0.4, 0.5) is 10.5 Å². The van der Waals surface area contributed by atoms with E-state index >= 15 is 0 Å². The van der Waals surface area contributed by atoms with Gasteiger partial charge in [0.2, 0.25) is 0 Å². The molecule has 1 aromatic rings. The SMILES string of the molecule is CN(C)CCCCNC(=O)Nc1ccc(Br)c(C(=O)O)c1. The Labute approximate surface area is 132 Å². The predicted octanol–water partition coefficient (Wildman–Crippen LogP) is 2.61. The van der Waals surface area contributed by atoms with Gasteiger partial charge in [-0.05, 0) is 67.6 Å². The van der Waals surface area contributed by atoms with Crippen LogP contribution >= 0.6 is 15.9 Å². The predicted molar refractivity (Wildman–Crippen MR) is 85.9 cm³/mol. The molecule has 0 atom stereocenters. The van der Waals surface area contributed by atoms with Crippen molar-refractivity contribution in [3.05, 3.63) is 28.2 Å². The molecule has 0 spiro atoms. The van der Waals surface area contributed by atoms with E-state index in [1.807, 2.05) is 14.1 Å². The molecule has 0 saturated heterocycles. The van der Waals surface area contributed by atoms with Crippen LogP contribution in [-0.2, 0) is 0 Å². The normalized spacial score (nSPS) is 10.5. The minimum absolute atomic E-state index is 0.110. The van der Waals surface area contributed by atoms with Crippen molar-refractivity contribution < 1.29 is 14.7 Å². The summed E-state index contributed by atoms with van der Waals surface area (Å²) in [7, 11) is 4.02. The number of unbranched alkanes of at least 4 members (excludes halogenated alkanes) is 1. The molecule has 0 heterocycles. The monoisotopic (exact) mass is 357 g/mol. The zero-order valence-electron chi connectivity index (χ0n) is 12.1. The summed E-state index contributed by atoms with van der Waals surface area (Å²) in [6, 6.07) is 4.31. The summed E-state index contributed by atoms with van der Waals surface area (Å²) < 4.78 is 0.477. The number of carbonyl (C=O) groups excluding carboxylic acids is 1. The number of aromatic carboxylic acids is 1. The molecule has 0 aromatic heterocycles. The smallest absolute Gasteiger partial charge is 0.336 e. The fraction of sp³-hybridized carbons (Fsp3) is 0.429. The van der Waals surface area contributed by atoms with Crippen LogP contribution in [0, 0.1) is 0 Å². The molecule has 21 heavy (non-hydrogen) atoms. The van der Waals surface area contributed by atoms with E-state index in [2.05, 4.69) is 31.5 Å². The van der Waals surface area contributed by atoms with Crippen molar-refractivity contribution in [2.24, 2.45) is 0 Å². The van der Waals surface area contributed by atoms with Crippen molar-refractivity contribution >= 4 is 33.6 Å². The molecule has 7 heteroatoms. The molecule has 116 valence electrons. The Morgan fingerprint density at radius 2 is 2.00 bits per heavy atom. The molecule has 1 rings (SSSR count). The molecule has 0 aliphatic rings. The van der Waals surface area contributed by atoms with Crippen molar-refractivity contribution in [2.45, 2.75) is 12.8 Å². The first-order valence-corrected chi connectivity index (χ1v) is 7.42. The van der Waals surface area contributed by atoms with Crippen LogP contribution < -0.4 is 10.6 Å². The lowest BCUT2D eigenvalue weighted by atomic mass is 10.2. The summed E-state index contributed by atoms with van der Waals surface area (Å²) in [5.74, 6) is -1.05. The number of nitrogens with one attached hydrogen (secondary N) is 2. The van der Waals surface area contributed by atoms with Gasteiger partial charge < -0.3 is 20.6 Å². The fourth-order valence-electron chi connectivity index (χ4n) is 1.70. The Morgan fingerprint density at radius 1 is 1.29 bits per heavy atom. The summed E-state index contributed by atoms with van der Waals surface area (Å²) in [6.07, 6.45) is 1.90. The average Bonchev–Trinajstić information content (AvgIpc) is 2.40. The van der Waals surface area contributed by atoms with Crippen molar-refractivity contribution in [1.82, 2.24) is 10.2 Å². The molecule has 0 bridgehead atoms. The van der Waals surface area contributed by atoms with Gasteiger partial charge in [-0.25, -0.2) is 9.59 Å². The highest BCUT2D eigenvalue weighted by atomic mass is 79.9. The van der Waals surface area contributed by atoms with Gasteiger partial charge in [0.25, 0.3) is 0 Å². The number of carbonyl (C=O) groups is 2. The van der Waals surface area contributed by atoms with Gasteiger partial charge in [-0.15, -0.1) is 0 Å². The van der Waals surface area contributed by atoms with E-state index in [9.17, 15) is 9.59 Å². The van der Waals surface area contributed by atoms with Gasteiger partial charge in [0.05, 0.1) is 5.56 Å². The lowest BCUT2D eigenvalue weighted by molar-refractivity contribution is 0.0696. The zero-order valence-corrected chi connectivity index (χ0v) is 13.7. The number of hydrogen-bond donors (Lipinski definition) is 3. The molecular weight excluding hydrogens is 338 g/mol. The van der Waals surface area contributed by atoms with Crippen molar-refractivity contribution in [1.29, 1.82) is 0 Å². The number of carboxylic acid groups (broad SMARTS) is 1. The van der Waals surface area contributed by atoms with Crippen LogP contribution in [0.3, 0.4) is 0 Å². The second-order valence-electron chi connectivity index (χ2n) is 4.89. The summed E-state index contributed by atoms with van der Waals surface area (Å²) in [5.41, 5.74) is 0.556. The second-order valence-corrected chi connectivity index (χ2v) is 5.75. The standard InChI is InChI=1S/C14H20BrN3O3/c1-18(2)8-4-3-7-16-14(21)17-10-5-6-12(15)11(9-10)13(19)20/h5-6,9H,3-4,7-8H2,1-2H3,(H,19,20)(H2,16,17,21). The summed E-state index contributed by atoms with van der Waals surface area (Å²) >= 11 is 3.15. The molecule has 0 radical (unpaired) electrons. The molecule has 0 unspecified atom stereocenters. The molecule has 0 saturated carbocycles. The number of amides is 2. The first-order chi connectivity index (χ1) is 9.90. The number of anilines is 1. The van der Waals surface area contributed by atoms with E-state index in [4.69, 9.17) is 5.11 Å². The second kappa shape index (κ2) is 8.63. The Hall–Kier alpha value is -1.60. The van der Waals surface area contributed by atoms with Gasteiger partial charge in [0.1, 0.15) is 0 Å². The van der Waals surface area contributed by atoms with Crippen LogP contribution in [-0.4, -0.2) is 49.2 Å². The number of carboxylic acids is 1. The number of benzene rings is 1. The van der Waals surface area contributed by atoms with Gasteiger partial charge in [0.15, 0.2) is 0 Å². The first kappa shape index (κ1) is 17.5. The topological polar surface area (TPSA) is 81.7 Å². The van der Waals surface area contributed by atoms with Crippen LogP contribution in [0.5, 0.6) is 0 Å². The fourth-order valence-corrected chi connectivity index (χ4v) is 2.11. The maximum atomic E-state index is 11.7. The van der Waals surface area contributed by atoms with Crippen LogP contribution in [0.25, 0.3) is 0 Å². The van der Waals surface area contributed by atoms with Gasteiger partial charge in [0, 0.05) is 16.7 Å². The Balaban J connectivity index is 2.41. The number of nitrogens with zero attached hydrogens (tertiary/aromatic N) is 1. The molecule has 0 aliphatic carbocycles. The van der Waals surface area contributed by atoms with E-state index < -0.39 is 5.97 Å². The maximum absolute atomic E-state index is 11.7. The van der Waals surface area contributed by atoms with Crippen molar-refractivity contribution in [3.63, 3.8) is 0 Å². The average molecular weight is 358 g/mol. The molecule has 2 amide bonds. The third-order valence-electron chi connectivity index (χ3n) is 2.77. The minimum Gasteiger partial charge on any atom is -0.478 e. The van der Waals surface area contributed by atoms with Crippen molar-refractivity contribution in [3.8, 4) is 0 Å². The van der Waals surface area contributed by atoms with Gasteiger partial charge in [-0.2, -0.15) is 0 Å². The molecule has 1 aromatic carbocycles. The minimum atomic E-state index is -1.05. The summed E-state index contributed by atoms with van der Waals surface area (Å²) in [4.78, 5) is 24.8. The maximum Gasteiger partial charge on any atom is 0.336 e. The highest BCUT2D eigenvalue weighted by Crippen LogP contribution is 2.21. The van der Waals surface area contributed by atoms with E-state index in [-0.39, 0.29) is 11.6 Å². The largest absolute Gasteiger partial charge is 0.478 e. The lowest BCUT2D eigenvalue weighted by Crippen LogP contribution is -2.30. The van der Waals surface area contributed by atoms with E-state index in [0.29, 0.717) is 16.7 Å². The van der Waals surface area contributed by atoms with Gasteiger partial charge >= 0.3 is 12.0 Å². The Kier molecular flexibility index (Phi) is 7.18. The number of hydrogen-bond acceptors (Lipinski definition) is 3. The molecular formula is C14H20BrN3O3. The molecule has 6 nitrogen and oxygen atoms in total. The molecule has 0 aliphatic heterocycles. The third kappa shape index (κ3) is 6.59. The van der Waals surface area contributed by atoms with Gasteiger partial charge in [-0.1, -0.05) is 0 Å². The third-order valence-corrected chi connectivity index (χ3v) is 3.46. The van der Waals surface area contributed by atoms with Crippen LogP contribution in [0.2, 0.25) is 0 Å². The van der Waals surface area contributed by atoms with Crippen molar-refractivity contribution in [2.75, 3.05) is 32.5 Å². The highest BCUT2D eigenvalue weighted by Gasteiger charge is 2.10. The zero-order chi connectivity index (χ0) is 15.8. The number of urea groups is 1. The Bertz CT molecular complexity index is 506. The van der Waals surface area contributed by atoms with Gasteiger partial charge in [-0.3, -0.25) is 0 Å². The first-order valence-electron chi connectivity index (χ1n) is 6.62. The summed E-state index contributed by atoms with van der Waals surface area (Å²) in [5, 5.41) is 14.4. The van der Waals surface area contributed by atoms with E-state index in [1.165, 1.54) is 6.07 Å². The molecule has 3 N–H and O–H groups in total. The highest BCUT2D eigenvalue weighted by molar-refractivity contribution is 9.10. The number of rotatable bonds is 7. The lowest BCUT2D eigenvalue weighted by Gasteiger charge is -2.10. The Morgan fingerprint density at radius 3 is 2.62 bits per heavy atom. The molecule has 0 fully saturated rings. The quantitative estimate of drug-likeness (QED) is 0.655. The van der Waals surface area contributed by atoms with Crippen LogP contribution in [0.1, 0.15) is 23.2 Å². The number of halogens is 1. The van der Waals surface area contributed by atoms with E-state index in [0.717, 1.165) is 19.4 Å². The van der Waals surface area contributed by atoms with E-state index in [1.54, 1.807) is 12.1 Å². The van der Waals surface area contributed by atoms with Crippen LogP contribution in [0.15, 0.2) is 22.7 Å².